The van der Waals surface area contributed by atoms with Crippen LogP contribution in [0.15, 0.2) is 30.3 Å². The molecule has 0 radical (unpaired) electrons. The summed E-state index contributed by atoms with van der Waals surface area (Å²) in [6, 6.07) is 9.06. The maximum Gasteiger partial charge on any atom is 0.280 e. The van der Waals surface area contributed by atoms with E-state index in [0.29, 0.717) is 13.1 Å². The molecule has 0 aliphatic carbocycles. The fraction of sp³-hybridized carbons (Fsp3) is 0.538. The predicted molar refractivity (Wildman–Crippen MR) is 75.9 cm³/mol. The van der Waals surface area contributed by atoms with E-state index in [-0.39, 0.29) is 6.61 Å². The van der Waals surface area contributed by atoms with E-state index in [4.69, 9.17) is 0 Å². The first-order valence-corrected chi connectivity index (χ1v) is 7.79. The molecule has 108 valence electrons. The summed E-state index contributed by atoms with van der Waals surface area (Å²) >= 11 is 0. The normalized spacial score (nSPS) is 15.4. The van der Waals surface area contributed by atoms with Crippen LogP contribution in [0, 0.1) is 0 Å². The van der Waals surface area contributed by atoms with E-state index < -0.39 is 15.7 Å². The van der Waals surface area contributed by atoms with Crippen molar-refractivity contribution in [2.24, 2.45) is 0 Å². The zero-order valence-electron chi connectivity index (χ0n) is 11.6. The second-order valence-corrected chi connectivity index (χ2v) is 6.22. The lowest BCUT2D eigenvalue weighted by atomic mass is 9.94. The summed E-state index contributed by atoms with van der Waals surface area (Å²) in [5.41, 5.74) is -0.295. The van der Waals surface area contributed by atoms with Gasteiger partial charge in [-0.2, -0.15) is 17.4 Å². The van der Waals surface area contributed by atoms with Crippen molar-refractivity contribution >= 4 is 10.2 Å². The van der Waals surface area contributed by atoms with Crippen LogP contribution >= 0.6 is 0 Å². The third-order valence-electron chi connectivity index (χ3n) is 3.13. The summed E-state index contributed by atoms with van der Waals surface area (Å²) in [7, 11) is -3.62. The van der Waals surface area contributed by atoms with Crippen molar-refractivity contribution in [3.8, 4) is 0 Å². The van der Waals surface area contributed by atoms with E-state index in [1.807, 2.05) is 18.2 Å². The summed E-state index contributed by atoms with van der Waals surface area (Å²) in [6.07, 6.45) is 0. The summed E-state index contributed by atoms with van der Waals surface area (Å²) < 4.78 is 28.4. The van der Waals surface area contributed by atoms with E-state index in [9.17, 15) is 13.5 Å². The van der Waals surface area contributed by atoms with Crippen LogP contribution in [0.5, 0.6) is 0 Å². The minimum absolute atomic E-state index is 0.308. The van der Waals surface area contributed by atoms with Crippen LogP contribution in [-0.2, 0) is 15.7 Å². The Labute approximate surface area is 115 Å². The number of hydrogen-bond acceptors (Lipinski definition) is 3. The highest BCUT2D eigenvalue weighted by atomic mass is 32.2. The minimum Gasteiger partial charge on any atom is -0.394 e. The topological polar surface area (TPSA) is 69.6 Å². The quantitative estimate of drug-likeness (QED) is 0.788. The molecule has 0 aliphatic rings. The molecule has 6 heteroatoms. The number of nitrogens with zero attached hydrogens (tertiary/aromatic N) is 1. The molecule has 0 saturated heterocycles. The van der Waals surface area contributed by atoms with Crippen LogP contribution < -0.4 is 4.72 Å². The maximum absolute atomic E-state index is 12.2. The molecule has 1 unspecified atom stereocenters. The molecule has 0 heterocycles. The molecule has 0 spiro atoms. The molecular weight excluding hydrogens is 264 g/mol. The monoisotopic (exact) mass is 286 g/mol. The zero-order chi connectivity index (χ0) is 14.5. The van der Waals surface area contributed by atoms with Crippen molar-refractivity contribution in [1.29, 1.82) is 0 Å². The van der Waals surface area contributed by atoms with Gasteiger partial charge in [-0.25, -0.2) is 0 Å². The van der Waals surface area contributed by atoms with Gasteiger partial charge in [0.1, 0.15) is 0 Å². The first-order chi connectivity index (χ1) is 8.89. The maximum atomic E-state index is 12.2. The summed E-state index contributed by atoms with van der Waals surface area (Å²) in [6.45, 7) is 5.70. The molecule has 1 aromatic carbocycles. The molecule has 2 N–H and O–H groups in total. The Bertz CT molecular complexity index is 486. The standard InChI is InChI=1S/C13H22N2O3S/c1-4-15(5-2)19(17,18)14-13(3,11-16)12-9-7-6-8-10-12/h6-10,14,16H,4-5,11H2,1-3H3. The molecule has 19 heavy (non-hydrogen) atoms. The third kappa shape index (κ3) is 3.76. The SMILES string of the molecule is CCN(CC)S(=O)(=O)NC(C)(CO)c1ccccc1. The summed E-state index contributed by atoms with van der Waals surface area (Å²) in [5, 5.41) is 9.58. The Morgan fingerprint density at radius 3 is 2.16 bits per heavy atom. The van der Waals surface area contributed by atoms with Gasteiger partial charge >= 0.3 is 0 Å². The van der Waals surface area contributed by atoms with Crippen LogP contribution in [0.1, 0.15) is 26.3 Å². The fourth-order valence-corrected chi connectivity index (χ4v) is 3.46. The van der Waals surface area contributed by atoms with E-state index in [1.54, 1.807) is 32.9 Å². The Hall–Kier alpha value is -0.950. The number of aliphatic hydroxyl groups excluding tert-OH is 1. The smallest absolute Gasteiger partial charge is 0.280 e. The second kappa shape index (κ2) is 6.47. The Balaban J connectivity index is 3.06. The minimum atomic E-state index is -3.62. The van der Waals surface area contributed by atoms with E-state index in [0.717, 1.165) is 5.56 Å². The summed E-state index contributed by atoms with van der Waals surface area (Å²) in [4.78, 5) is 0. The zero-order valence-corrected chi connectivity index (χ0v) is 12.4. The average molecular weight is 286 g/mol. The van der Waals surface area contributed by atoms with Gasteiger partial charge in [0.05, 0.1) is 12.1 Å². The van der Waals surface area contributed by atoms with Crippen molar-refractivity contribution in [2.75, 3.05) is 19.7 Å². The van der Waals surface area contributed by atoms with Crippen LogP contribution in [0.3, 0.4) is 0 Å². The van der Waals surface area contributed by atoms with Gasteiger partial charge in [-0.1, -0.05) is 44.2 Å². The lowest BCUT2D eigenvalue weighted by molar-refractivity contribution is 0.193. The van der Waals surface area contributed by atoms with Gasteiger partial charge in [0, 0.05) is 13.1 Å². The Morgan fingerprint density at radius 2 is 1.74 bits per heavy atom. The van der Waals surface area contributed by atoms with Crippen molar-refractivity contribution in [3.05, 3.63) is 35.9 Å². The summed E-state index contributed by atoms with van der Waals surface area (Å²) in [5.74, 6) is 0. The van der Waals surface area contributed by atoms with Gasteiger partial charge in [-0.05, 0) is 12.5 Å². The molecule has 1 aromatic rings. The van der Waals surface area contributed by atoms with Crippen molar-refractivity contribution in [3.63, 3.8) is 0 Å². The van der Waals surface area contributed by atoms with E-state index >= 15 is 0 Å². The van der Waals surface area contributed by atoms with Gasteiger partial charge in [-0.15, -0.1) is 0 Å². The first-order valence-electron chi connectivity index (χ1n) is 6.35. The number of hydrogen-bond donors (Lipinski definition) is 2. The average Bonchev–Trinajstić information content (AvgIpc) is 2.40. The number of benzene rings is 1. The van der Waals surface area contributed by atoms with Gasteiger partial charge in [0.2, 0.25) is 0 Å². The van der Waals surface area contributed by atoms with Crippen molar-refractivity contribution < 1.29 is 13.5 Å². The fourth-order valence-electron chi connectivity index (χ4n) is 1.90. The lowest BCUT2D eigenvalue weighted by Crippen LogP contribution is -2.51. The molecule has 1 rings (SSSR count). The van der Waals surface area contributed by atoms with E-state index in [1.165, 1.54) is 4.31 Å². The molecule has 0 aliphatic heterocycles. The lowest BCUT2D eigenvalue weighted by Gasteiger charge is -2.31. The van der Waals surface area contributed by atoms with Gasteiger partial charge < -0.3 is 5.11 Å². The molecule has 0 saturated carbocycles. The first kappa shape index (κ1) is 16.1. The Kier molecular flexibility index (Phi) is 5.49. The number of aliphatic hydroxyl groups is 1. The molecule has 5 nitrogen and oxygen atoms in total. The molecule has 1 atom stereocenters. The Morgan fingerprint density at radius 1 is 1.21 bits per heavy atom. The van der Waals surface area contributed by atoms with E-state index in [2.05, 4.69) is 4.72 Å². The largest absolute Gasteiger partial charge is 0.394 e. The number of nitrogens with one attached hydrogen (secondary N) is 1. The van der Waals surface area contributed by atoms with Crippen LogP contribution in [-0.4, -0.2) is 37.5 Å². The van der Waals surface area contributed by atoms with Crippen molar-refractivity contribution in [1.82, 2.24) is 9.03 Å². The molecule has 0 bridgehead atoms. The highest BCUT2D eigenvalue weighted by molar-refractivity contribution is 7.87. The number of rotatable bonds is 7. The van der Waals surface area contributed by atoms with Crippen LogP contribution in [0.25, 0.3) is 0 Å². The highest BCUT2D eigenvalue weighted by Crippen LogP contribution is 2.21. The van der Waals surface area contributed by atoms with Gasteiger partial charge in [0.25, 0.3) is 10.2 Å². The second-order valence-electron chi connectivity index (χ2n) is 4.55. The van der Waals surface area contributed by atoms with Crippen LogP contribution in [0.2, 0.25) is 0 Å². The molecular formula is C13H22N2O3S. The third-order valence-corrected chi connectivity index (χ3v) is 5.03. The van der Waals surface area contributed by atoms with Crippen molar-refractivity contribution in [2.45, 2.75) is 26.3 Å². The molecule has 0 fully saturated rings. The molecule has 0 amide bonds. The van der Waals surface area contributed by atoms with Crippen LogP contribution in [0.4, 0.5) is 0 Å². The van der Waals surface area contributed by atoms with Gasteiger partial charge in [-0.3, -0.25) is 0 Å². The predicted octanol–water partition coefficient (Wildman–Crippen LogP) is 1.07. The highest BCUT2D eigenvalue weighted by Gasteiger charge is 2.33. The molecule has 0 aromatic heterocycles. The van der Waals surface area contributed by atoms with Gasteiger partial charge in [0.15, 0.2) is 0 Å².